The van der Waals surface area contributed by atoms with E-state index in [1.807, 2.05) is 25.4 Å². The Hall–Kier alpha value is -1.15. The van der Waals surface area contributed by atoms with Gasteiger partial charge in [0, 0.05) is 18.4 Å². The first-order valence-electron chi connectivity index (χ1n) is 4.03. The Morgan fingerprint density at radius 2 is 2.42 bits per heavy atom. The van der Waals surface area contributed by atoms with Crippen LogP contribution in [0.25, 0.3) is 6.08 Å². The lowest BCUT2D eigenvalue weighted by Gasteiger charge is -2.12. The topological polar surface area (TPSA) is 24.9 Å². The van der Waals surface area contributed by atoms with Crippen LogP contribution in [0.1, 0.15) is 24.1 Å². The molecule has 0 spiro atoms. The van der Waals surface area contributed by atoms with Crippen LogP contribution in [0.4, 0.5) is 0 Å². The van der Waals surface area contributed by atoms with Crippen molar-refractivity contribution in [2.45, 2.75) is 13.0 Å². The maximum absolute atomic E-state index is 4.07. The number of hydrogen-bond acceptors (Lipinski definition) is 2. The van der Waals surface area contributed by atoms with Gasteiger partial charge in [0.15, 0.2) is 0 Å². The molecule has 0 unspecified atom stereocenters. The van der Waals surface area contributed by atoms with Gasteiger partial charge >= 0.3 is 0 Å². The van der Waals surface area contributed by atoms with Crippen LogP contribution in [0, 0.1) is 0 Å². The fraction of sp³-hybridized carbons (Fsp3) is 0.300. The lowest BCUT2D eigenvalue weighted by atomic mass is 10.0. The van der Waals surface area contributed by atoms with Crippen LogP contribution in [0.2, 0.25) is 0 Å². The summed E-state index contributed by atoms with van der Waals surface area (Å²) < 4.78 is 0. The van der Waals surface area contributed by atoms with Crippen LogP contribution in [0.5, 0.6) is 0 Å². The number of pyridine rings is 1. The zero-order valence-electron chi connectivity index (χ0n) is 7.54. The van der Waals surface area contributed by atoms with E-state index in [0.29, 0.717) is 6.04 Å². The monoisotopic (exact) mass is 162 g/mol. The largest absolute Gasteiger partial charge is 0.313 e. The minimum absolute atomic E-state index is 0.326. The first kappa shape index (κ1) is 8.94. The summed E-state index contributed by atoms with van der Waals surface area (Å²) in [6.45, 7) is 5.85. The Bertz CT molecular complexity index is 268. The number of rotatable bonds is 3. The third-order valence-electron chi connectivity index (χ3n) is 2.01. The molecule has 1 heterocycles. The van der Waals surface area contributed by atoms with Crippen molar-refractivity contribution >= 4 is 6.08 Å². The highest BCUT2D eigenvalue weighted by atomic mass is 14.9. The summed E-state index contributed by atoms with van der Waals surface area (Å²) in [6, 6.07) is 2.29. The minimum Gasteiger partial charge on any atom is -0.313 e. The Balaban J connectivity index is 3.04. The SMILES string of the molecule is C=Cc1ccncc1[C@H](C)NC. The third kappa shape index (κ3) is 1.71. The normalized spacial score (nSPS) is 12.5. The second kappa shape index (κ2) is 4.02. The summed E-state index contributed by atoms with van der Waals surface area (Å²) in [7, 11) is 1.94. The summed E-state index contributed by atoms with van der Waals surface area (Å²) in [6.07, 6.45) is 5.51. The maximum Gasteiger partial charge on any atom is 0.0321 e. The molecule has 0 aromatic carbocycles. The summed E-state index contributed by atoms with van der Waals surface area (Å²) in [5.74, 6) is 0. The van der Waals surface area contributed by atoms with Gasteiger partial charge in [-0.05, 0) is 31.2 Å². The molecule has 0 aliphatic heterocycles. The zero-order chi connectivity index (χ0) is 8.97. The molecule has 1 aromatic heterocycles. The third-order valence-corrected chi connectivity index (χ3v) is 2.01. The van der Waals surface area contributed by atoms with Crippen molar-refractivity contribution < 1.29 is 0 Å². The van der Waals surface area contributed by atoms with Gasteiger partial charge in [-0.15, -0.1) is 0 Å². The van der Waals surface area contributed by atoms with Gasteiger partial charge in [-0.2, -0.15) is 0 Å². The summed E-state index contributed by atoms with van der Waals surface area (Å²) in [4.78, 5) is 4.07. The van der Waals surface area contributed by atoms with Crippen LogP contribution < -0.4 is 5.32 Å². The zero-order valence-corrected chi connectivity index (χ0v) is 7.54. The second-order valence-electron chi connectivity index (χ2n) is 2.72. The lowest BCUT2D eigenvalue weighted by molar-refractivity contribution is 0.648. The van der Waals surface area contributed by atoms with Gasteiger partial charge < -0.3 is 5.32 Å². The van der Waals surface area contributed by atoms with Crippen LogP contribution in [-0.2, 0) is 0 Å². The van der Waals surface area contributed by atoms with Gasteiger partial charge in [-0.3, -0.25) is 4.98 Å². The number of hydrogen-bond donors (Lipinski definition) is 1. The molecule has 1 N–H and O–H groups in total. The summed E-state index contributed by atoms with van der Waals surface area (Å²) in [5.41, 5.74) is 2.34. The Morgan fingerprint density at radius 3 is 3.00 bits per heavy atom. The van der Waals surface area contributed by atoms with E-state index in [-0.39, 0.29) is 0 Å². The molecule has 0 aliphatic rings. The van der Waals surface area contributed by atoms with Crippen molar-refractivity contribution in [2.24, 2.45) is 0 Å². The standard InChI is InChI=1S/C10H14N2/c1-4-9-5-6-12-7-10(9)8(2)11-3/h4-8,11H,1H2,2-3H3/t8-/m0/s1. The van der Waals surface area contributed by atoms with Crippen molar-refractivity contribution in [1.29, 1.82) is 0 Å². The molecule has 1 atom stereocenters. The van der Waals surface area contributed by atoms with Crippen molar-refractivity contribution in [2.75, 3.05) is 7.05 Å². The average molecular weight is 162 g/mol. The molecule has 0 radical (unpaired) electrons. The Kier molecular flexibility index (Phi) is 3.00. The van der Waals surface area contributed by atoms with Crippen molar-refractivity contribution in [1.82, 2.24) is 10.3 Å². The summed E-state index contributed by atoms with van der Waals surface area (Å²) in [5, 5.41) is 3.17. The Labute approximate surface area is 73.3 Å². The molecule has 0 saturated carbocycles. The van der Waals surface area contributed by atoms with Gasteiger partial charge in [-0.25, -0.2) is 0 Å². The van der Waals surface area contributed by atoms with E-state index in [4.69, 9.17) is 0 Å². The number of nitrogens with one attached hydrogen (secondary N) is 1. The molecule has 0 aliphatic carbocycles. The van der Waals surface area contributed by atoms with Gasteiger partial charge in [0.05, 0.1) is 0 Å². The Morgan fingerprint density at radius 1 is 1.67 bits per heavy atom. The van der Waals surface area contributed by atoms with E-state index in [1.54, 1.807) is 6.20 Å². The predicted molar refractivity (Wildman–Crippen MR) is 51.8 cm³/mol. The molecule has 0 bridgehead atoms. The molecule has 64 valence electrons. The van der Waals surface area contributed by atoms with E-state index < -0.39 is 0 Å². The van der Waals surface area contributed by atoms with Crippen LogP contribution in [-0.4, -0.2) is 12.0 Å². The van der Waals surface area contributed by atoms with Crippen molar-refractivity contribution in [3.05, 3.63) is 36.2 Å². The molecule has 1 rings (SSSR count). The van der Waals surface area contributed by atoms with Crippen molar-refractivity contribution in [3.8, 4) is 0 Å². The number of nitrogens with zero attached hydrogens (tertiary/aromatic N) is 1. The van der Waals surface area contributed by atoms with Crippen molar-refractivity contribution in [3.63, 3.8) is 0 Å². The second-order valence-corrected chi connectivity index (χ2v) is 2.72. The van der Waals surface area contributed by atoms with E-state index in [1.165, 1.54) is 5.56 Å². The molecule has 12 heavy (non-hydrogen) atoms. The van der Waals surface area contributed by atoms with Gasteiger partial charge in [0.1, 0.15) is 0 Å². The number of aromatic nitrogens is 1. The molecular formula is C10H14N2. The van der Waals surface area contributed by atoms with Crippen LogP contribution in [0.3, 0.4) is 0 Å². The molecule has 2 nitrogen and oxygen atoms in total. The van der Waals surface area contributed by atoms with Crippen LogP contribution in [0.15, 0.2) is 25.0 Å². The molecule has 0 saturated heterocycles. The molecule has 1 aromatic rings. The highest BCUT2D eigenvalue weighted by molar-refractivity contribution is 5.51. The average Bonchev–Trinajstić information content (AvgIpc) is 2.16. The highest BCUT2D eigenvalue weighted by Crippen LogP contribution is 2.16. The van der Waals surface area contributed by atoms with Gasteiger partial charge in [0.2, 0.25) is 0 Å². The van der Waals surface area contributed by atoms with E-state index in [2.05, 4.69) is 23.8 Å². The van der Waals surface area contributed by atoms with E-state index >= 15 is 0 Å². The van der Waals surface area contributed by atoms with E-state index in [0.717, 1.165) is 5.56 Å². The molecule has 2 heteroatoms. The molecular weight excluding hydrogens is 148 g/mol. The fourth-order valence-corrected chi connectivity index (χ4v) is 1.12. The summed E-state index contributed by atoms with van der Waals surface area (Å²) >= 11 is 0. The molecule has 0 fully saturated rings. The first-order valence-corrected chi connectivity index (χ1v) is 4.03. The minimum atomic E-state index is 0.326. The first-order chi connectivity index (χ1) is 5.79. The fourth-order valence-electron chi connectivity index (χ4n) is 1.12. The smallest absolute Gasteiger partial charge is 0.0321 e. The van der Waals surface area contributed by atoms with Gasteiger partial charge in [0.25, 0.3) is 0 Å². The predicted octanol–water partition coefficient (Wildman–Crippen LogP) is 2.00. The quantitative estimate of drug-likeness (QED) is 0.735. The molecule has 0 amide bonds. The van der Waals surface area contributed by atoms with E-state index in [9.17, 15) is 0 Å². The highest BCUT2D eigenvalue weighted by Gasteiger charge is 2.05. The van der Waals surface area contributed by atoms with Gasteiger partial charge in [-0.1, -0.05) is 12.7 Å². The maximum atomic E-state index is 4.07. The lowest BCUT2D eigenvalue weighted by Crippen LogP contribution is -2.13. The van der Waals surface area contributed by atoms with Crippen LogP contribution >= 0.6 is 0 Å².